The summed E-state index contributed by atoms with van der Waals surface area (Å²) in [5, 5.41) is 9.89. The molecule has 0 aromatic heterocycles. The summed E-state index contributed by atoms with van der Waals surface area (Å²) >= 11 is 0. The fourth-order valence-electron chi connectivity index (χ4n) is 4.56. The van der Waals surface area contributed by atoms with E-state index in [1.165, 1.54) is 5.01 Å². The molecule has 0 bridgehead atoms. The number of nitrogens with zero attached hydrogens (tertiary/aromatic N) is 3. The van der Waals surface area contributed by atoms with Crippen LogP contribution in [0.5, 0.6) is 0 Å². The second-order valence-corrected chi connectivity index (χ2v) is 8.79. The van der Waals surface area contributed by atoms with E-state index in [0.29, 0.717) is 19.6 Å². The van der Waals surface area contributed by atoms with Crippen LogP contribution in [0.25, 0.3) is 0 Å². The first-order chi connectivity index (χ1) is 14.4. The Bertz CT molecular complexity index is 779. The number of hydrogen-bond acceptors (Lipinski definition) is 7. The molecule has 3 heterocycles. The van der Waals surface area contributed by atoms with Gasteiger partial charge in [-0.2, -0.15) is 0 Å². The zero-order valence-corrected chi connectivity index (χ0v) is 17.8. The molecule has 30 heavy (non-hydrogen) atoms. The van der Waals surface area contributed by atoms with Gasteiger partial charge in [0.05, 0.1) is 24.2 Å². The Balaban J connectivity index is 1.40. The highest BCUT2D eigenvalue weighted by molar-refractivity contribution is 5.76. The van der Waals surface area contributed by atoms with E-state index in [9.17, 15) is 4.79 Å². The molecule has 2 amide bonds. The first-order valence-corrected chi connectivity index (χ1v) is 10.6. The Labute approximate surface area is 177 Å². The summed E-state index contributed by atoms with van der Waals surface area (Å²) in [5.41, 5.74) is 1.65. The van der Waals surface area contributed by atoms with Crippen LogP contribution in [0.2, 0.25) is 0 Å². The van der Waals surface area contributed by atoms with Crippen LogP contribution in [0.15, 0.2) is 42.1 Å². The smallest absolute Gasteiger partial charge is 0.335 e. The number of hydrogen-bond donors (Lipinski definition) is 4. The largest absolute Gasteiger partial charge is 0.377 e. The SMILES string of the molecule is CC1(C)C2=CNC(N(N)CC3CCCO3)NC2CN1C(=O)N(N)Cc1ccccc1. The van der Waals surface area contributed by atoms with E-state index in [1.54, 1.807) is 5.01 Å². The minimum absolute atomic E-state index is 0.0101. The van der Waals surface area contributed by atoms with Crippen LogP contribution >= 0.6 is 0 Å². The summed E-state index contributed by atoms with van der Waals surface area (Å²) in [4.78, 5) is 15.0. The van der Waals surface area contributed by atoms with Crippen molar-refractivity contribution in [2.45, 2.75) is 57.2 Å². The second kappa shape index (κ2) is 8.52. The predicted octanol–water partition coefficient (Wildman–Crippen LogP) is 0.660. The van der Waals surface area contributed by atoms with Gasteiger partial charge in [-0.05, 0) is 37.8 Å². The third kappa shape index (κ3) is 4.17. The Hall–Kier alpha value is -2.17. The molecule has 1 aromatic carbocycles. The molecule has 2 saturated heterocycles. The number of likely N-dealkylation sites (tertiary alicyclic amines) is 1. The number of carbonyl (C=O) groups is 1. The molecule has 1 aromatic rings. The molecular weight excluding hydrogens is 382 g/mol. The molecule has 0 aliphatic carbocycles. The number of ether oxygens (including phenoxy) is 1. The molecule has 2 fully saturated rings. The third-order valence-electron chi connectivity index (χ3n) is 6.32. The average molecular weight is 416 g/mol. The summed E-state index contributed by atoms with van der Waals surface area (Å²) in [6.45, 7) is 6.45. The van der Waals surface area contributed by atoms with Gasteiger partial charge in [0.25, 0.3) is 0 Å². The van der Waals surface area contributed by atoms with Gasteiger partial charge in [0.1, 0.15) is 6.29 Å². The molecule has 0 radical (unpaired) electrons. The molecule has 9 nitrogen and oxygen atoms in total. The fourth-order valence-corrected chi connectivity index (χ4v) is 4.56. The number of fused-ring (bicyclic) bond motifs is 1. The van der Waals surface area contributed by atoms with Crippen molar-refractivity contribution >= 4 is 6.03 Å². The lowest BCUT2D eigenvalue weighted by Crippen LogP contribution is -2.63. The molecule has 6 N–H and O–H groups in total. The van der Waals surface area contributed by atoms with E-state index in [-0.39, 0.29) is 24.5 Å². The molecule has 0 spiro atoms. The van der Waals surface area contributed by atoms with Crippen molar-refractivity contribution in [2.24, 2.45) is 11.7 Å². The van der Waals surface area contributed by atoms with Crippen molar-refractivity contribution in [3.05, 3.63) is 47.7 Å². The van der Waals surface area contributed by atoms with E-state index in [1.807, 2.05) is 55.3 Å². The number of benzene rings is 1. The highest BCUT2D eigenvalue weighted by Gasteiger charge is 2.48. The monoisotopic (exact) mass is 415 g/mol. The van der Waals surface area contributed by atoms with Crippen LogP contribution in [-0.4, -0.2) is 64.6 Å². The predicted molar refractivity (Wildman–Crippen MR) is 114 cm³/mol. The van der Waals surface area contributed by atoms with Crippen molar-refractivity contribution in [1.82, 2.24) is 25.6 Å². The molecule has 3 aliphatic heterocycles. The van der Waals surface area contributed by atoms with E-state index >= 15 is 0 Å². The van der Waals surface area contributed by atoms with Gasteiger partial charge in [-0.15, -0.1) is 0 Å². The Morgan fingerprint density at radius 2 is 2.07 bits per heavy atom. The number of urea groups is 1. The summed E-state index contributed by atoms with van der Waals surface area (Å²) in [6, 6.07) is 9.57. The van der Waals surface area contributed by atoms with E-state index in [0.717, 1.165) is 30.6 Å². The van der Waals surface area contributed by atoms with E-state index in [4.69, 9.17) is 16.4 Å². The molecular formula is C21H33N7O2. The van der Waals surface area contributed by atoms with Crippen LogP contribution in [-0.2, 0) is 11.3 Å². The molecule has 9 heteroatoms. The van der Waals surface area contributed by atoms with Gasteiger partial charge in [0.2, 0.25) is 0 Å². The van der Waals surface area contributed by atoms with Crippen LogP contribution in [0.3, 0.4) is 0 Å². The maximum absolute atomic E-state index is 13.2. The van der Waals surface area contributed by atoms with Gasteiger partial charge < -0.3 is 15.0 Å². The molecule has 4 rings (SSSR count). The van der Waals surface area contributed by atoms with Crippen LogP contribution in [0.1, 0.15) is 32.3 Å². The first kappa shape index (κ1) is 21.1. The molecule has 3 aliphatic rings. The zero-order chi connectivity index (χ0) is 21.3. The lowest BCUT2D eigenvalue weighted by atomic mass is 9.92. The molecule has 3 atom stereocenters. The Morgan fingerprint density at radius 3 is 2.77 bits per heavy atom. The highest BCUT2D eigenvalue weighted by Crippen LogP contribution is 2.36. The number of hydrazine groups is 2. The summed E-state index contributed by atoms with van der Waals surface area (Å²) in [6.07, 6.45) is 4.07. The standard InChI is InChI=1S/C21H33N7O2/c1-21(2)17-11-24-19(27(22)13-16-9-6-10-30-16)25-18(17)14-26(21)20(29)28(23)12-15-7-4-3-5-8-15/h3-5,7-8,11,16,18-19,24-25H,6,9-10,12-14,22-23H2,1-2H3. The normalized spacial score (nSPS) is 27.6. The maximum atomic E-state index is 13.2. The minimum atomic E-state index is -0.463. The second-order valence-electron chi connectivity index (χ2n) is 8.79. The van der Waals surface area contributed by atoms with Gasteiger partial charge in [0, 0.05) is 25.9 Å². The maximum Gasteiger partial charge on any atom is 0.335 e. The van der Waals surface area contributed by atoms with Gasteiger partial charge >= 0.3 is 6.03 Å². The number of amides is 2. The van der Waals surface area contributed by atoms with E-state index < -0.39 is 5.54 Å². The lowest BCUT2D eigenvalue weighted by molar-refractivity contribution is 0.0398. The summed E-state index contributed by atoms with van der Waals surface area (Å²) in [7, 11) is 0. The van der Waals surface area contributed by atoms with Crippen molar-refractivity contribution in [2.75, 3.05) is 19.7 Å². The highest BCUT2D eigenvalue weighted by atomic mass is 16.5. The Kier molecular flexibility index (Phi) is 5.99. The van der Waals surface area contributed by atoms with Crippen molar-refractivity contribution < 1.29 is 9.53 Å². The van der Waals surface area contributed by atoms with Crippen molar-refractivity contribution in [3.8, 4) is 0 Å². The molecule has 164 valence electrons. The quantitative estimate of drug-likeness (QED) is 0.317. The lowest BCUT2D eigenvalue weighted by Gasteiger charge is -2.38. The first-order valence-electron chi connectivity index (χ1n) is 10.6. The van der Waals surface area contributed by atoms with Crippen LogP contribution in [0, 0.1) is 0 Å². The summed E-state index contributed by atoms with van der Waals surface area (Å²) < 4.78 is 5.69. The number of rotatable bonds is 5. The minimum Gasteiger partial charge on any atom is -0.377 e. The number of nitrogens with one attached hydrogen (secondary N) is 2. The topological polar surface area (TPSA) is 112 Å². The van der Waals surface area contributed by atoms with Gasteiger partial charge in [-0.1, -0.05) is 30.3 Å². The van der Waals surface area contributed by atoms with E-state index in [2.05, 4.69) is 10.6 Å². The Morgan fingerprint density at radius 1 is 1.30 bits per heavy atom. The number of carbonyl (C=O) groups excluding carboxylic acids is 1. The van der Waals surface area contributed by atoms with Gasteiger partial charge in [0.15, 0.2) is 0 Å². The van der Waals surface area contributed by atoms with Crippen molar-refractivity contribution in [3.63, 3.8) is 0 Å². The third-order valence-corrected chi connectivity index (χ3v) is 6.32. The average Bonchev–Trinajstić information content (AvgIpc) is 3.33. The van der Waals surface area contributed by atoms with Crippen LogP contribution in [0.4, 0.5) is 4.79 Å². The van der Waals surface area contributed by atoms with Gasteiger partial charge in [-0.25, -0.2) is 15.6 Å². The molecule has 3 unspecified atom stereocenters. The van der Waals surface area contributed by atoms with Crippen molar-refractivity contribution in [1.29, 1.82) is 0 Å². The summed E-state index contributed by atoms with van der Waals surface area (Å²) in [5.74, 6) is 12.4. The number of nitrogens with two attached hydrogens (primary N) is 2. The van der Waals surface area contributed by atoms with Gasteiger partial charge in [-0.3, -0.25) is 16.2 Å². The van der Waals surface area contributed by atoms with Crippen LogP contribution < -0.4 is 22.3 Å². The zero-order valence-electron chi connectivity index (χ0n) is 17.8. The fraction of sp³-hybridized carbons (Fsp3) is 0.571. The molecule has 0 saturated carbocycles.